The number of aryl methyl sites for hydroxylation is 1. The minimum atomic E-state index is -0.107. The topological polar surface area (TPSA) is 79.9 Å². The van der Waals surface area contributed by atoms with Crippen LogP contribution in [0, 0.1) is 0 Å². The molecule has 2 aromatic carbocycles. The molecule has 0 aliphatic rings. The fraction of sp³-hybridized carbons (Fsp3) is 0.227. The second-order valence-electron chi connectivity index (χ2n) is 6.68. The van der Waals surface area contributed by atoms with E-state index in [1.54, 1.807) is 0 Å². The van der Waals surface area contributed by atoms with Gasteiger partial charge in [0.05, 0.1) is 13.0 Å². The summed E-state index contributed by atoms with van der Waals surface area (Å²) in [4.78, 5) is 15.6. The molecular formula is C22H22N4O2S. The highest BCUT2D eigenvalue weighted by Crippen LogP contribution is 2.20. The van der Waals surface area contributed by atoms with E-state index >= 15 is 0 Å². The lowest BCUT2D eigenvalue weighted by Gasteiger charge is -2.05. The van der Waals surface area contributed by atoms with Crippen molar-refractivity contribution >= 4 is 33.3 Å². The van der Waals surface area contributed by atoms with Crippen LogP contribution in [0.5, 0.6) is 5.75 Å². The van der Waals surface area contributed by atoms with Crippen LogP contribution in [-0.4, -0.2) is 27.7 Å². The Morgan fingerprint density at radius 1 is 1.14 bits per heavy atom. The maximum Gasteiger partial charge on any atom is 0.230 e. The molecule has 29 heavy (non-hydrogen) atoms. The van der Waals surface area contributed by atoms with Crippen LogP contribution in [0.1, 0.15) is 23.1 Å². The van der Waals surface area contributed by atoms with Crippen molar-refractivity contribution in [2.45, 2.75) is 26.2 Å². The van der Waals surface area contributed by atoms with E-state index in [-0.39, 0.29) is 12.3 Å². The largest absolute Gasteiger partial charge is 0.493 e. The highest BCUT2D eigenvalue weighted by Gasteiger charge is 2.12. The molecule has 4 aromatic rings. The van der Waals surface area contributed by atoms with Gasteiger partial charge >= 0.3 is 0 Å². The molecule has 0 fully saturated rings. The van der Waals surface area contributed by atoms with E-state index in [9.17, 15) is 4.79 Å². The lowest BCUT2D eigenvalue weighted by Crippen LogP contribution is -2.14. The molecule has 0 unspecified atom stereocenters. The first-order chi connectivity index (χ1) is 14.2. The highest BCUT2D eigenvalue weighted by molar-refractivity contribution is 7.15. The number of hydrogen-bond donors (Lipinski definition) is 2. The van der Waals surface area contributed by atoms with Gasteiger partial charge in [0.25, 0.3) is 0 Å². The van der Waals surface area contributed by atoms with Crippen LogP contribution in [0.25, 0.3) is 10.9 Å². The van der Waals surface area contributed by atoms with Crippen molar-refractivity contribution in [1.29, 1.82) is 0 Å². The number of hydrogen-bond acceptors (Lipinski definition) is 5. The molecule has 0 radical (unpaired) electrons. The molecule has 7 heteroatoms. The molecule has 0 spiro atoms. The number of carbonyl (C=O) groups excluding carboxylic acids is 1. The van der Waals surface area contributed by atoms with Crippen molar-refractivity contribution in [3.63, 3.8) is 0 Å². The van der Waals surface area contributed by atoms with Crippen molar-refractivity contribution < 1.29 is 9.53 Å². The van der Waals surface area contributed by atoms with Crippen molar-refractivity contribution in [2.75, 3.05) is 11.9 Å². The van der Waals surface area contributed by atoms with Crippen LogP contribution in [0.15, 0.2) is 54.7 Å². The van der Waals surface area contributed by atoms with E-state index in [0.29, 0.717) is 18.2 Å². The second-order valence-corrected chi connectivity index (χ2v) is 7.74. The van der Waals surface area contributed by atoms with Gasteiger partial charge in [0.2, 0.25) is 11.0 Å². The van der Waals surface area contributed by atoms with Gasteiger partial charge in [0.15, 0.2) is 0 Å². The number of H-pyrrole nitrogens is 1. The predicted molar refractivity (Wildman–Crippen MR) is 116 cm³/mol. The van der Waals surface area contributed by atoms with Crippen molar-refractivity contribution in [1.82, 2.24) is 15.2 Å². The summed E-state index contributed by atoms with van der Waals surface area (Å²) in [5.41, 5.74) is 3.28. The number of ether oxygens (including phenoxy) is 1. The normalized spacial score (nSPS) is 10.9. The monoisotopic (exact) mass is 406 g/mol. The molecule has 2 N–H and O–H groups in total. The first kappa shape index (κ1) is 19.1. The third-order valence-electron chi connectivity index (χ3n) is 4.66. The second kappa shape index (κ2) is 8.87. The average Bonchev–Trinajstić information content (AvgIpc) is 3.36. The molecule has 148 valence electrons. The third-order valence-corrected chi connectivity index (χ3v) is 5.55. The lowest BCUT2D eigenvalue weighted by atomic mass is 10.1. The molecule has 0 saturated heterocycles. The number of amides is 1. The summed E-state index contributed by atoms with van der Waals surface area (Å²) in [5, 5.41) is 13.5. The number of anilines is 1. The number of aromatic amines is 1. The van der Waals surface area contributed by atoms with Gasteiger partial charge in [-0.1, -0.05) is 48.6 Å². The minimum absolute atomic E-state index is 0.107. The molecule has 0 bridgehead atoms. The van der Waals surface area contributed by atoms with E-state index in [4.69, 9.17) is 4.74 Å². The standard InChI is InChI=1S/C22H22N4O2S/c1-2-15-7-9-17(10-8-15)28-12-11-21-25-26-22(29-21)24-20(27)13-16-14-23-19-6-4-3-5-18(16)19/h3-10,14,23H,2,11-13H2,1H3,(H,24,26,27). The zero-order valence-corrected chi connectivity index (χ0v) is 17.0. The van der Waals surface area contributed by atoms with Gasteiger partial charge in [-0.25, -0.2) is 0 Å². The molecule has 1 amide bonds. The van der Waals surface area contributed by atoms with Gasteiger partial charge in [-0.05, 0) is 35.7 Å². The molecule has 0 saturated carbocycles. The predicted octanol–water partition coefficient (Wildman–Crippen LogP) is 4.38. The smallest absolute Gasteiger partial charge is 0.230 e. The Labute approximate surface area is 172 Å². The first-order valence-electron chi connectivity index (χ1n) is 9.60. The maximum atomic E-state index is 12.4. The zero-order valence-electron chi connectivity index (χ0n) is 16.1. The summed E-state index contributed by atoms with van der Waals surface area (Å²) < 4.78 is 5.76. The minimum Gasteiger partial charge on any atom is -0.493 e. The Bertz CT molecular complexity index is 1100. The number of nitrogens with zero attached hydrogens (tertiary/aromatic N) is 2. The first-order valence-corrected chi connectivity index (χ1v) is 10.4. The van der Waals surface area contributed by atoms with Crippen molar-refractivity contribution in [3.05, 3.63) is 70.9 Å². The Hall–Kier alpha value is -3.19. The number of benzene rings is 2. The number of fused-ring (bicyclic) bond motifs is 1. The fourth-order valence-corrected chi connectivity index (χ4v) is 3.83. The summed E-state index contributed by atoms with van der Waals surface area (Å²) in [6.45, 7) is 2.64. The van der Waals surface area contributed by atoms with E-state index < -0.39 is 0 Å². The van der Waals surface area contributed by atoms with E-state index in [2.05, 4.69) is 39.6 Å². The number of rotatable bonds is 8. The number of carbonyl (C=O) groups is 1. The van der Waals surface area contributed by atoms with E-state index in [1.807, 2.05) is 42.6 Å². The van der Waals surface area contributed by atoms with E-state index in [0.717, 1.165) is 33.6 Å². The molecule has 0 aliphatic heterocycles. The maximum absolute atomic E-state index is 12.4. The Kier molecular flexibility index (Phi) is 5.86. The van der Waals surface area contributed by atoms with Crippen LogP contribution in [-0.2, 0) is 24.1 Å². The van der Waals surface area contributed by atoms with Gasteiger partial charge in [-0.2, -0.15) is 0 Å². The molecular weight excluding hydrogens is 384 g/mol. The molecule has 0 aliphatic carbocycles. The number of para-hydroxylation sites is 1. The van der Waals surface area contributed by atoms with Gasteiger partial charge in [-0.3, -0.25) is 4.79 Å². The van der Waals surface area contributed by atoms with Crippen LogP contribution in [0.3, 0.4) is 0 Å². The number of nitrogens with one attached hydrogen (secondary N) is 2. The molecule has 2 heterocycles. The van der Waals surface area contributed by atoms with Gasteiger partial charge in [-0.15, -0.1) is 10.2 Å². The van der Waals surface area contributed by atoms with Crippen LogP contribution in [0.2, 0.25) is 0 Å². The van der Waals surface area contributed by atoms with Gasteiger partial charge in [0.1, 0.15) is 10.8 Å². The van der Waals surface area contributed by atoms with Crippen LogP contribution < -0.4 is 10.1 Å². The molecule has 2 aromatic heterocycles. The molecule has 0 atom stereocenters. The van der Waals surface area contributed by atoms with Gasteiger partial charge in [0, 0.05) is 23.5 Å². The molecule has 4 rings (SSSR count). The SMILES string of the molecule is CCc1ccc(OCCc2nnc(NC(=O)Cc3c[nH]c4ccccc34)s2)cc1. The van der Waals surface area contributed by atoms with Crippen LogP contribution >= 0.6 is 11.3 Å². The summed E-state index contributed by atoms with van der Waals surface area (Å²) in [6, 6.07) is 16.0. The fourth-order valence-electron chi connectivity index (χ4n) is 3.10. The lowest BCUT2D eigenvalue weighted by molar-refractivity contribution is -0.115. The summed E-state index contributed by atoms with van der Waals surface area (Å²) in [5.74, 6) is 0.740. The van der Waals surface area contributed by atoms with E-state index in [1.165, 1.54) is 16.9 Å². The van der Waals surface area contributed by atoms with Crippen LogP contribution in [0.4, 0.5) is 5.13 Å². The summed E-state index contributed by atoms with van der Waals surface area (Å²) in [6.07, 6.45) is 3.82. The molecule has 6 nitrogen and oxygen atoms in total. The summed E-state index contributed by atoms with van der Waals surface area (Å²) >= 11 is 1.38. The Balaban J connectivity index is 1.27. The van der Waals surface area contributed by atoms with Crippen molar-refractivity contribution in [2.24, 2.45) is 0 Å². The summed E-state index contributed by atoms with van der Waals surface area (Å²) in [7, 11) is 0. The highest BCUT2D eigenvalue weighted by atomic mass is 32.1. The quantitative estimate of drug-likeness (QED) is 0.455. The zero-order chi connectivity index (χ0) is 20.1. The Morgan fingerprint density at radius 3 is 2.79 bits per heavy atom. The van der Waals surface area contributed by atoms with Gasteiger partial charge < -0.3 is 15.0 Å². The third kappa shape index (κ3) is 4.81. The number of aromatic nitrogens is 3. The Morgan fingerprint density at radius 2 is 1.97 bits per heavy atom. The van der Waals surface area contributed by atoms with Crippen molar-refractivity contribution in [3.8, 4) is 5.75 Å². The average molecular weight is 407 g/mol.